The molecule has 312 valence electrons. The number of anilines is 3. The topological polar surface area (TPSA) is 132 Å². The average Bonchev–Trinajstić information content (AvgIpc) is 3.72. The van der Waals surface area contributed by atoms with E-state index in [1.807, 2.05) is 66.8 Å². The van der Waals surface area contributed by atoms with E-state index in [0.29, 0.717) is 64.6 Å². The van der Waals surface area contributed by atoms with Crippen molar-refractivity contribution in [3.63, 3.8) is 0 Å². The molecule has 6 rings (SSSR count). The number of hydroxylamine groups is 1. The summed E-state index contributed by atoms with van der Waals surface area (Å²) in [5.74, 6) is 2.06. The molecule has 0 saturated carbocycles. The number of nitrogens with zero attached hydrogens (tertiary/aromatic N) is 3. The van der Waals surface area contributed by atoms with Gasteiger partial charge in [0.2, 0.25) is 5.75 Å². The highest BCUT2D eigenvalue weighted by Gasteiger charge is 2.43. The number of urea groups is 2. The maximum atomic E-state index is 13.8. The fourth-order valence-corrected chi connectivity index (χ4v) is 7.75. The molecule has 4 aromatic carbocycles. The Bertz CT molecular complexity index is 2110. The Kier molecular flexibility index (Phi) is 14.9. The second-order valence-electron chi connectivity index (χ2n) is 13.7. The van der Waals surface area contributed by atoms with Crippen LogP contribution in [-0.2, 0) is 10.3 Å². The van der Waals surface area contributed by atoms with E-state index in [1.165, 1.54) is 19.2 Å². The van der Waals surface area contributed by atoms with Crippen molar-refractivity contribution in [2.45, 2.75) is 37.4 Å². The maximum absolute atomic E-state index is 13.8. The lowest BCUT2D eigenvalue weighted by Crippen LogP contribution is -2.43. The van der Waals surface area contributed by atoms with E-state index in [9.17, 15) is 14.8 Å². The number of rotatable bonds is 16. The zero-order valence-electron chi connectivity index (χ0n) is 33.4. The molecule has 0 bridgehead atoms. The van der Waals surface area contributed by atoms with Crippen LogP contribution in [0.3, 0.4) is 0 Å². The van der Waals surface area contributed by atoms with Crippen LogP contribution in [0.15, 0.2) is 103 Å². The third kappa shape index (κ3) is 10.0. The van der Waals surface area contributed by atoms with Gasteiger partial charge in [0.25, 0.3) is 0 Å². The van der Waals surface area contributed by atoms with Gasteiger partial charge in [-0.2, -0.15) is 5.06 Å². The number of alkyl halides is 1. The lowest BCUT2D eigenvalue weighted by atomic mass is 9.85. The van der Waals surface area contributed by atoms with Crippen molar-refractivity contribution >= 4 is 63.3 Å². The second kappa shape index (κ2) is 20.2. The van der Waals surface area contributed by atoms with Crippen LogP contribution in [0.4, 0.5) is 26.7 Å². The van der Waals surface area contributed by atoms with Crippen molar-refractivity contribution in [2.75, 3.05) is 67.8 Å². The van der Waals surface area contributed by atoms with Crippen molar-refractivity contribution in [1.29, 1.82) is 0 Å². The zero-order valence-corrected chi connectivity index (χ0v) is 36.3. The van der Waals surface area contributed by atoms with E-state index in [-0.39, 0.29) is 42.4 Å². The number of hydrogen-bond acceptors (Lipinski definition) is 9. The first kappa shape index (κ1) is 43.4. The Hall–Kier alpha value is -5.16. The van der Waals surface area contributed by atoms with Gasteiger partial charge in [-0.15, -0.1) is 0 Å². The van der Waals surface area contributed by atoms with E-state index in [2.05, 4.69) is 27.9 Å². The number of para-hydroxylation sites is 1. The molecule has 1 saturated heterocycles. The van der Waals surface area contributed by atoms with Gasteiger partial charge in [-0.05, 0) is 108 Å². The third-order valence-electron chi connectivity index (χ3n) is 10.2. The average molecular weight is 939 g/mol. The van der Waals surface area contributed by atoms with Gasteiger partial charge in [0.05, 0.1) is 58.1 Å². The number of nitrogens with one attached hydrogen (secondary N) is 1. The van der Waals surface area contributed by atoms with Crippen LogP contribution in [0, 0.1) is 0 Å². The number of hydrogen-bond donors (Lipinski definition) is 2. The summed E-state index contributed by atoms with van der Waals surface area (Å²) in [5.41, 5.74) is 1.93. The molecule has 4 amide bonds. The minimum absolute atomic E-state index is 0.0202. The molecule has 2 aliphatic rings. The predicted molar refractivity (Wildman–Crippen MR) is 236 cm³/mol. The summed E-state index contributed by atoms with van der Waals surface area (Å²) in [6, 6.07) is 21.9. The monoisotopic (exact) mass is 938 g/mol. The number of amides is 4. The fraction of sp³-hybridized carbons (Fsp3) is 0.318. The van der Waals surface area contributed by atoms with Crippen LogP contribution in [0.2, 0.25) is 5.02 Å². The summed E-state index contributed by atoms with van der Waals surface area (Å²) < 4.78 is 37.3. The molecule has 2 atom stereocenters. The van der Waals surface area contributed by atoms with Gasteiger partial charge in [-0.1, -0.05) is 64.5 Å². The van der Waals surface area contributed by atoms with E-state index < -0.39 is 11.6 Å². The minimum atomic E-state index is -0.855. The van der Waals surface area contributed by atoms with Crippen molar-refractivity contribution in [3.05, 3.63) is 119 Å². The molecule has 2 heterocycles. The van der Waals surface area contributed by atoms with Crippen molar-refractivity contribution in [3.8, 4) is 28.7 Å². The van der Waals surface area contributed by atoms with Crippen molar-refractivity contribution in [2.24, 2.45) is 0 Å². The second-order valence-corrected chi connectivity index (χ2v) is 15.2. The van der Waals surface area contributed by atoms with Crippen LogP contribution in [-0.4, -0.2) is 74.7 Å². The third-order valence-corrected chi connectivity index (χ3v) is 11.2. The normalized spacial score (nSPS) is 17.0. The van der Waals surface area contributed by atoms with Gasteiger partial charge in [-0.3, -0.25) is 15.0 Å². The number of ether oxygens (including phenoxy) is 6. The number of benzene rings is 4. The number of allylic oxidation sites excluding steroid dienone is 2. The zero-order chi connectivity index (χ0) is 41.9. The molecule has 2 aliphatic heterocycles. The van der Waals surface area contributed by atoms with Gasteiger partial charge < -0.3 is 33.7 Å². The first-order chi connectivity index (χ1) is 28.6. The van der Waals surface area contributed by atoms with Gasteiger partial charge in [0, 0.05) is 23.5 Å². The fourth-order valence-electron chi connectivity index (χ4n) is 7.24. The Morgan fingerprint density at radius 2 is 1.61 bits per heavy atom. The molecule has 0 radical (unpaired) electrons. The standard InChI is InChI=1S/C44H48ClIN4O9/c1-54-37-26-30(27-38(55-2)41(37)57-4)36-18-20-44(59-36,19-11-21-46)31-28-35(47-42(51)50(53)34-16-14-32(45)15-17-34)40(39(29-31)56-3)58-25-24-49(33-12-7-5-8-13-33)43(52)48-22-9-6-10-23-48/h5-10,12-17,22,26-29,36,53H,11,18-21,23-25H2,1-4H3,(H,47,51). The van der Waals surface area contributed by atoms with Crippen LogP contribution in [0.1, 0.15) is 42.9 Å². The van der Waals surface area contributed by atoms with E-state index >= 15 is 0 Å². The van der Waals surface area contributed by atoms with Crippen molar-refractivity contribution in [1.82, 2.24) is 4.90 Å². The smallest absolute Gasteiger partial charge is 0.350 e. The van der Waals surface area contributed by atoms with Gasteiger partial charge in [0.15, 0.2) is 23.0 Å². The van der Waals surface area contributed by atoms with E-state index in [1.54, 1.807) is 55.5 Å². The highest BCUT2D eigenvalue weighted by atomic mass is 127. The summed E-state index contributed by atoms with van der Waals surface area (Å²) >= 11 is 8.44. The van der Waals surface area contributed by atoms with Gasteiger partial charge in [-0.25, -0.2) is 9.59 Å². The van der Waals surface area contributed by atoms with E-state index in [4.69, 9.17) is 40.0 Å². The molecular formula is C44H48ClIN4O9. The van der Waals surface area contributed by atoms with Crippen molar-refractivity contribution < 1.29 is 43.2 Å². The summed E-state index contributed by atoms with van der Waals surface area (Å²) in [5, 5.41) is 14.8. The quantitative estimate of drug-likeness (QED) is 0.0488. The molecule has 4 aromatic rings. The Morgan fingerprint density at radius 3 is 2.24 bits per heavy atom. The molecule has 0 aliphatic carbocycles. The Balaban J connectivity index is 1.36. The molecule has 2 N–H and O–H groups in total. The molecule has 15 heteroatoms. The van der Waals surface area contributed by atoms with Crippen LogP contribution in [0.5, 0.6) is 28.7 Å². The first-order valence-electron chi connectivity index (χ1n) is 19.1. The molecule has 1 fully saturated rings. The highest BCUT2D eigenvalue weighted by molar-refractivity contribution is 14.1. The lowest BCUT2D eigenvalue weighted by molar-refractivity contribution is -0.0533. The molecule has 13 nitrogen and oxygen atoms in total. The highest BCUT2D eigenvalue weighted by Crippen LogP contribution is 2.53. The van der Waals surface area contributed by atoms with E-state index in [0.717, 1.165) is 22.0 Å². The van der Waals surface area contributed by atoms with Gasteiger partial charge >= 0.3 is 12.1 Å². The number of carbonyl (C=O) groups is 2. The Morgan fingerprint density at radius 1 is 0.915 bits per heavy atom. The largest absolute Gasteiger partial charge is 0.493 e. The first-order valence-corrected chi connectivity index (χ1v) is 21.0. The Labute approximate surface area is 363 Å². The number of carbonyl (C=O) groups excluding carboxylic acids is 2. The SMILES string of the molecule is COc1cc(C2(CCCI)CCC(c3cc(OC)c(OC)c(OC)c3)O2)cc(NC(=O)N(O)c2ccc(Cl)cc2)c1OCCN(C(=O)N1C=CC=CC1)c1ccccc1. The van der Waals surface area contributed by atoms with Crippen LogP contribution in [0.25, 0.3) is 0 Å². The molecule has 0 aromatic heterocycles. The predicted octanol–water partition coefficient (Wildman–Crippen LogP) is 10.2. The minimum Gasteiger partial charge on any atom is -0.493 e. The molecule has 2 unspecified atom stereocenters. The number of methoxy groups -OCH3 is 4. The van der Waals surface area contributed by atoms with Crippen LogP contribution >= 0.6 is 34.2 Å². The summed E-state index contributed by atoms with van der Waals surface area (Å²) in [6.07, 6.45) is 9.84. The molecule has 0 spiro atoms. The number of halogens is 2. The maximum Gasteiger partial charge on any atom is 0.350 e. The molecule has 59 heavy (non-hydrogen) atoms. The van der Waals surface area contributed by atoms with Crippen LogP contribution < -0.4 is 39.0 Å². The lowest BCUT2D eigenvalue weighted by Gasteiger charge is -2.32. The summed E-state index contributed by atoms with van der Waals surface area (Å²) in [7, 11) is 6.24. The van der Waals surface area contributed by atoms with Gasteiger partial charge in [0.1, 0.15) is 6.61 Å². The summed E-state index contributed by atoms with van der Waals surface area (Å²) in [4.78, 5) is 30.8. The molecular weight excluding hydrogens is 891 g/mol. The summed E-state index contributed by atoms with van der Waals surface area (Å²) in [6.45, 7) is 0.607.